The summed E-state index contributed by atoms with van der Waals surface area (Å²) in [7, 11) is 0. The Balaban J connectivity index is 1.32. The number of aryl methyl sites for hydroxylation is 1. The number of halogens is 3. The molecule has 5 rings (SSSR count). The molecule has 0 bridgehead atoms. The Kier molecular flexibility index (Phi) is 7.91. The first-order valence-corrected chi connectivity index (χ1v) is 13.7. The number of piperidine rings is 1. The van der Waals surface area contributed by atoms with E-state index in [9.17, 15) is 23.1 Å². The molecule has 1 saturated heterocycles. The third-order valence-electron chi connectivity index (χ3n) is 6.64. The van der Waals surface area contributed by atoms with Crippen LogP contribution in [0.4, 0.5) is 30.6 Å². The standard InChI is InChI=1S/C28H27F3N6O3S/c1-3-40-24(38)20-5-4-9-32-23(20)37-11-7-27(39,8-12-37)25-34-16-21(41-25)18-13-17(2)14-19(15-18)35-26-33-10-6-22(36-26)28(29,30)31/h4-6,9-10,13-16,39H,3,7-8,11-12H2,1-2H3,(H,33,35,36). The third kappa shape index (κ3) is 6.30. The first kappa shape index (κ1) is 28.4. The number of aromatic nitrogens is 4. The van der Waals surface area contributed by atoms with E-state index in [2.05, 4.69) is 25.3 Å². The van der Waals surface area contributed by atoms with Crippen LogP contribution in [-0.2, 0) is 16.5 Å². The van der Waals surface area contributed by atoms with Gasteiger partial charge in [-0.1, -0.05) is 6.07 Å². The Morgan fingerprint density at radius 1 is 1.15 bits per heavy atom. The number of aliphatic hydroxyl groups is 1. The minimum absolute atomic E-state index is 0.165. The van der Waals surface area contributed by atoms with Crippen molar-refractivity contribution in [2.24, 2.45) is 0 Å². The predicted molar refractivity (Wildman–Crippen MR) is 148 cm³/mol. The number of pyridine rings is 1. The number of benzene rings is 1. The number of nitrogens with zero attached hydrogens (tertiary/aromatic N) is 5. The summed E-state index contributed by atoms with van der Waals surface area (Å²) in [5.74, 6) is -0.0774. The van der Waals surface area contributed by atoms with Gasteiger partial charge in [-0.3, -0.25) is 0 Å². The summed E-state index contributed by atoms with van der Waals surface area (Å²) in [5.41, 5.74) is 0.373. The van der Waals surface area contributed by atoms with Crippen LogP contribution in [0.5, 0.6) is 0 Å². The molecule has 0 spiro atoms. The maximum atomic E-state index is 13.1. The van der Waals surface area contributed by atoms with Crippen molar-refractivity contribution in [1.29, 1.82) is 0 Å². The van der Waals surface area contributed by atoms with Crippen molar-refractivity contribution in [3.63, 3.8) is 0 Å². The topological polar surface area (TPSA) is 113 Å². The fourth-order valence-electron chi connectivity index (χ4n) is 4.65. The summed E-state index contributed by atoms with van der Waals surface area (Å²) >= 11 is 1.36. The van der Waals surface area contributed by atoms with E-state index in [1.807, 2.05) is 17.9 Å². The van der Waals surface area contributed by atoms with Crippen LogP contribution in [0.15, 0.2) is 55.0 Å². The zero-order valence-electron chi connectivity index (χ0n) is 22.3. The molecule has 3 aromatic heterocycles. The maximum absolute atomic E-state index is 13.1. The minimum Gasteiger partial charge on any atom is -0.462 e. The van der Waals surface area contributed by atoms with Crippen LogP contribution in [0.25, 0.3) is 10.4 Å². The highest BCUT2D eigenvalue weighted by Gasteiger charge is 2.38. The normalized spacial score (nSPS) is 15.0. The van der Waals surface area contributed by atoms with Gasteiger partial charge in [-0.25, -0.2) is 24.7 Å². The first-order chi connectivity index (χ1) is 19.6. The zero-order chi connectivity index (χ0) is 29.2. The van der Waals surface area contributed by atoms with Gasteiger partial charge in [0.2, 0.25) is 5.95 Å². The Morgan fingerprint density at radius 2 is 1.93 bits per heavy atom. The average molecular weight is 585 g/mol. The fourth-order valence-corrected chi connectivity index (χ4v) is 5.69. The molecule has 9 nitrogen and oxygen atoms in total. The van der Waals surface area contributed by atoms with Gasteiger partial charge in [0.25, 0.3) is 0 Å². The first-order valence-electron chi connectivity index (χ1n) is 12.9. The zero-order valence-corrected chi connectivity index (χ0v) is 23.1. The number of ether oxygens (including phenoxy) is 1. The number of hydrogen-bond donors (Lipinski definition) is 2. The molecule has 0 amide bonds. The summed E-state index contributed by atoms with van der Waals surface area (Å²) in [6, 6.07) is 9.67. The van der Waals surface area contributed by atoms with Crippen molar-refractivity contribution in [3.8, 4) is 10.4 Å². The molecule has 2 N–H and O–H groups in total. The van der Waals surface area contributed by atoms with Crippen molar-refractivity contribution >= 4 is 34.8 Å². The van der Waals surface area contributed by atoms with Crippen LogP contribution in [0.2, 0.25) is 0 Å². The number of rotatable bonds is 7. The second kappa shape index (κ2) is 11.4. The Morgan fingerprint density at radius 3 is 2.66 bits per heavy atom. The van der Waals surface area contributed by atoms with E-state index in [-0.39, 0.29) is 12.6 Å². The Bertz CT molecular complexity index is 1550. The monoisotopic (exact) mass is 584 g/mol. The van der Waals surface area contributed by atoms with Crippen LogP contribution < -0.4 is 10.2 Å². The molecule has 1 aliphatic heterocycles. The fraction of sp³-hybridized carbons (Fsp3) is 0.321. The second-order valence-electron chi connectivity index (χ2n) is 9.62. The highest BCUT2D eigenvalue weighted by molar-refractivity contribution is 7.15. The summed E-state index contributed by atoms with van der Waals surface area (Å²) < 4.78 is 44.3. The van der Waals surface area contributed by atoms with Gasteiger partial charge < -0.3 is 20.1 Å². The van der Waals surface area contributed by atoms with Gasteiger partial charge in [0.05, 0.1) is 11.5 Å². The molecule has 0 atom stereocenters. The van der Waals surface area contributed by atoms with E-state index in [0.717, 1.165) is 28.3 Å². The molecule has 214 valence electrons. The number of alkyl halides is 3. The number of hydrogen-bond acceptors (Lipinski definition) is 10. The molecule has 13 heteroatoms. The SMILES string of the molecule is CCOC(=O)c1cccnc1N1CCC(O)(c2ncc(-c3cc(C)cc(Nc4nccc(C(F)(F)F)n4)c3)s2)CC1. The summed E-state index contributed by atoms with van der Waals surface area (Å²) in [5, 5.41) is 14.9. The van der Waals surface area contributed by atoms with Gasteiger partial charge in [-0.15, -0.1) is 11.3 Å². The molecular weight excluding hydrogens is 557 g/mol. The largest absolute Gasteiger partial charge is 0.462 e. The summed E-state index contributed by atoms with van der Waals surface area (Å²) in [6.45, 7) is 4.80. The summed E-state index contributed by atoms with van der Waals surface area (Å²) in [6.07, 6.45) is 0.547. The molecule has 0 unspecified atom stereocenters. The minimum atomic E-state index is -4.58. The average Bonchev–Trinajstić information content (AvgIpc) is 3.45. The van der Waals surface area contributed by atoms with E-state index < -0.39 is 23.4 Å². The lowest BCUT2D eigenvalue weighted by Gasteiger charge is -2.38. The van der Waals surface area contributed by atoms with Crippen molar-refractivity contribution in [1.82, 2.24) is 19.9 Å². The van der Waals surface area contributed by atoms with Crippen LogP contribution in [0.3, 0.4) is 0 Å². The molecule has 1 fully saturated rings. The molecule has 1 aromatic carbocycles. The van der Waals surface area contributed by atoms with E-state index >= 15 is 0 Å². The number of carbonyl (C=O) groups excluding carboxylic acids is 1. The smallest absolute Gasteiger partial charge is 0.433 e. The number of esters is 1. The number of carbonyl (C=O) groups is 1. The van der Waals surface area contributed by atoms with E-state index in [0.29, 0.717) is 48.0 Å². The van der Waals surface area contributed by atoms with Gasteiger partial charge in [0.15, 0.2) is 0 Å². The van der Waals surface area contributed by atoms with Gasteiger partial charge in [0, 0.05) is 50.2 Å². The molecule has 1 aliphatic rings. The quantitative estimate of drug-likeness (QED) is 0.263. The third-order valence-corrected chi connectivity index (χ3v) is 7.88. The number of thiazole rings is 1. The summed E-state index contributed by atoms with van der Waals surface area (Å²) in [4.78, 5) is 31.6. The van der Waals surface area contributed by atoms with Gasteiger partial charge in [0.1, 0.15) is 27.7 Å². The predicted octanol–water partition coefficient (Wildman–Crippen LogP) is 5.73. The second-order valence-corrected chi connectivity index (χ2v) is 10.6. The molecule has 0 saturated carbocycles. The van der Waals surface area contributed by atoms with Crippen molar-refractivity contribution in [2.45, 2.75) is 38.5 Å². The van der Waals surface area contributed by atoms with Crippen LogP contribution >= 0.6 is 11.3 Å². The number of anilines is 3. The lowest BCUT2D eigenvalue weighted by Crippen LogP contribution is -2.43. The molecule has 0 aliphatic carbocycles. The van der Waals surface area contributed by atoms with Crippen molar-refractivity contribution in [3.05, 3.63) is 76.8 Å². The number of nitrogens with one attached hydrogen (secondary N) is 1. The molecule has 0 radical (unpaired) electrons. The molecule has 4 heterocycles. The lowest BCUT2D eigenvalue weighted by molar-refractivity contribution is -0.141. The van der Waals surface area contributed by atoms with Crippen molar-refractivity contribution < 1.29 is 27.8 Å². The van der Waals surface area contributed by atoms with Crippen LogP contribution in [0.1, 0.15) is 46.4 Å². The van der Waals surface area contributed by atoms with Gasteiger partial charge >= 0.3 is 12.1 Å². The Labute approximate surface area is 238 Å². The lowest BCUT2D eigenvalue weighted by atomic mass is 9.92. The van der Waals surface area contributed by atoms with Crippen LogP contribution in [-0.4, -0.2) is 50.7 Å². The van der Waals surface area contributed by atoms with E-state index in [1.54, 1.807) is 43.6 Å². The maximum Gasteiger partial charge on any atom is 0.433 e. The Hall–Kier alpha value is -4.10. The molecule has 4 aromatic rings. The molecular formula is C28H27F3N6O3S. The van der Waals surface area contributed by atoms with Crippen LogP contribution in [0, 0.1) is 6.92 Å². The van der Waals surface area contributed by atoms with Gasteiger partial charge in [-0.2, -0.15) is 13.2 Å². The molecule has 41 heavy (non-hydrogen) atoms. The van der Waals surface area contributed by atoms with Crippen molar-refractivity contribution in [2.75, 3.05) is 29.9 Å². The highest BCUT2D eigenvalue weighted by Crippen LogP contribution is 2.40. The van der Waals surface area contributed by atoms with Gasteiger partial charge in [-0.05, 0) is 55.3 Å². The van der Waals surface area contributed by atoms with E-state index in [1.165, 1.54) is 11.3 Å². The van der Waals surface area contributed by atoms with E-state index in [4.69, 9.17) is 4.74 Å². The highest BCUT2D eigenvalue weighted by atomic mass is 32.1.